The molecule has 1 aromatic carbocycles. The summed E-state index contributed by atoms with van der Waals surface area (Å²) in [5.74, 6) is 1.04. The summed E-state index contributed by atoms with van der Waals surface area (Å²) in [7, 11) is 0. The molecule has 2 heteroatoms. The van der Waals surface area contributed by atoms with Crippen LogP contribution in [-0.4, -0.2) is 0 Å². The number of fused-ring (bicyclic) bond motifs is 1. The molecule has 0 bridgehead atoms. The standard InChI is InChI=1S/C11H11IO/c1-11(2,12)10-7-8-5-3-4-6-9(8)13-10/h3-7H,1-2H3. The Morgan fingerprint density at radius 3 is 2.54 bits per heavy atom. The Labute approximate surface area is 91.3 Å². The Morgan fingerprint density at radius 2 is 1.92 bits per heavy atom. The van der Waals surface area contributed by atoms with E-state index in [1.54, 1.807) is 0 Å². The molecule has 1 heterocycles. The van der Waals surface area contributed by atoms with Crippen LogP contribution in [0.3, 0.4) is 0 Å². The van der Waals surface area contributed by atoms with Gasteiger partial charge in [-0.25, -0.2) is 0 Å². The van der Waals surface area contributed by atoms with Gasteiger partial charge in [0.2, 0.25) is 0 Å². The summed E-state index contributed by atoms with van der Waals surface area (Å²) in [4.78, 5) is 0. The van der Waals surface area contributed by atoms with Crippen molar-refractivity contribution in [2.24, 2.45) is 0 Å². The molecule has 0 N–H and O–H groups in total. The minimum absolute atomic E-state index is 0.0662. The van der Waals surface area contributed by atoms with Gasteiger partial charge < -0.3 is 4.42 Å². The highest BCUT2D eigenvalue weighted by Crippen LogP contribution is 2.34. The summed E-state index contributed by atoms with van der Waals surface area (Å²) in [5, 5.41) is 1.18. The summed E-state index contributed by atoms with van der Waals surface area (Å²) in [6.45, 7) is 4.29. The summed E-state index contributed by atoms with van der Waals surface area (Å²) < 4.78 is 5.79. The number of benzene rings is 1. The van der Waals surface area contributed by atoms with Crippen molar-refractivity contribution in [3.05, 3.63) is 36.1 Å². The Morgan fingerprint density at radius 1 is 1.23 bits per heavy atom. The fourth-order valence-corrected chi connectivity index (χ4v) is 1.54. The van der Waals surface area contributed by atoms with Gasteiger partial charge in [-0.2, -0.15) is 0 Å². The Kier molecular flexibility index (Phi) is 2.10. The first kappa shape index (κ1) is 9.06. The third kappa shape index (κ3) is 1.73. The lowest BCUT2D eigenvalue weighted by atomic mass is 10.1. The van der Waals surface area contributed by atoms with Crippen LogP contribution in [0.5, 0.6) is 0 Å². The third-order valence-electron chi connectivity index (χ3n) is 2.01. The van der Waals surface area contributed by atoms with Gasteiger partial charge in [-0.05, 0) is 26.0 Å². The van der Waals surface area contributed by atoms with Crippen LogP contribution in [-0.2, 0) is 3.42 Å². The second kappa shape index (κ2) is 3.01. The maximum atomic E-state index is 5.72. The summed E-state index contributed by atoms with van der Waals surface area (Å²) in [5.41, 5.74) is 0.974. The van der Waals surface area contributed by atoms with Crippen molar-refractivity contribution in [3.8, 4) is 0 Å². The highest BCUT2D eigenvalue weighted by Gasteiger charge is 2.20. The summed E-state index contributed by atoms with van der Waals surface area (Å²) in [6, 6.07) is 10.2. The first-order chi connectivity index (χ1) is 6.07. The third-order valence-corrected chi connectivity index (χ3v) is 2.54. The Bertz CT molecular complexity index is 390. The van der Waals surface area contributed by atoms with Gasteiger partial charge in [0.05, 0.1) is 3.42 Å². The zero-order valence-electron chi connectivity index (χ0n) is 7.67. The average Bonchev–Trinajstić information content (AvgIpc) is 2.45. The molecule has 0 radical (unpaired) electrons. The molecule has 0 atom stereocenters. The molecular weight excluding hydrogens is 275 g/mol. The molecule has 2 aromatic rings. The molecule has 0 amide bonds. The van der Waals surface area contributed by atoms with Crippen LogP contribution in [0.4, 0.5) is 0 Å². The molecular formula is C11H11IO. The van der Waals surface area contributed by atoms with E-state index in [1.165, 1.54) is 5.39 Å². The monoisotopic (exact) mass is 286 g/mol. The van der Waals surface area contributed by atoms with Crippen LogP contribution in [0.15, 0.2) is 34.7 Å². The van der Waals surface area contributed by atoms with Crippen LogP contribution in [0, 0.1) is 0 Å². The van der Waals surface area contributed by atoms with E-state index in [4.69, 9.17) is 4.42 Å². The molecule has 1 nitrogen and oxygen atoms in total. The lowest BCUT2D eigenvalue weighted by Gasteiger charge is -2.11. The van der Waals surface area contributed by atoms with Crippen LogP contribution >= 0.6 is 22.6 Å². The lowest BCUT2D eigenvalue weighted by Crippen LogP contribution is -2.03. The quantitative estimate of drug-likeness (QED) is 0.568. The number of halogens is 1. The van der Waals surface area contributed by atoms with E-state index in [9.17, 15) is 0 Å². The van der Waals surface area contributed by atoms with E-state index in [0.717, 1.165) is 11.3 Å². The smallest absolute Gasteiger partial charge is 0.134 e. The van der Waals surface area contributed by atoms with E-state index in [1.807, 2.05) is 18.2 Å². The molecule has 68 valence electrons. The predicted octanol–water partition coefficient (Wildman–Crippen LogP) is 4.10. The predicted molar refractivity (Wildman–Crippen MR) is 63.3 cm³/mol. The zero-order valence-corrected chi connectivity index (χ0v) is 9.83. The molecule has 0 aliphatic rings. The topological polar surface area (TPSA) is 13.1 Å². The Balaban J connectivity index is 2.63. The fourth-order valence-electron chi connectivity index (χ4n) is 1.27. The number of furan rings is 1. The highest BCUT2D eigenvalue weighted by atomic mass is 127. The van der Waals surface area contributed by atoms with E-state index in [2.05, 4.69) is 48.6 Å². The molecule has 1 aromatic heterocycles. The van der Waals surface area contributed by atoms with Crippen molar-refractivity contribution >= 4 is 33.6 Å². The van der Waals surface area contributed by atoms with Crippen LogP contribution in [0.25, 0.3) is 11.0 Å². The number of para-hydroxylation sites is 1. The van der Waals surface area contributed by atoms with Gasteiger partial charge in [-0.3, -0.25) is 0 Å². The van der Waals surface area contributed by atoms with Gasteiger partial charge in [0, 0.05) is 5.39 Å². The summed E-state index contributed by atoms with van der Waals surface area (Å²) in [6.07, 6.45) is 0. The van der Waals surface area contributed by atoms with Crippen molar-refractivity contribution in [2.75, 3.05) is 0 Å². The fraction of sp³-hybridized carbons (Fsp3) is 0.273. The lowest BCUT2D eigenvalue weighted by molar-refractivity contribution is 0.511. The first-order valence-electron chi connectivity index (χ1n) is 4.25. The van der Waals surface area contributed by atoms with Gasteiger partial charge in [0.1, 0.15) is 11.3 Å². The molecule has 13 heavy (non-hydrogen) atoms. The SMILES string of the molecule is CC(C)(I)c1cc2ccccc2o1. The normalized spacial score (nSPS) is 12.2. The van der Waals surface area contributed by atoms with Crippen LogP contribution in [0.1, 0.15) is 19.6 Å². The highest BCUT2D eigenvalue weighted by molar-refractivity contribution is 14.1. The van der Waals surface area contributed by atoms with Gasteiger partial charge in [0.15, 0.2) is 0 Å². The van der Waals surface area contributed by atoms with Crippen molar-refractivity contribution in [1.82, 2.24) is 0 Å². The van der Waals surface area contributed by atoms with E-state index in [0.29, 0.717) is 0 Å². The zero-order chi connectivity index (χ0) is 9.47. The van der Waals surface area contributed by atoms with Gasteiger partial charge in [-0.15, -0.1) is 0 Å². The van der Waals surface area contributed by atoms with E-state index < -0.39 is 0 Å². The largest absolute Gasteiger partial charge is 0.460 e. The van der Waals surface area contributed by atoms with E-state index in [-0.39, 0.29) is 3.42 Å². The maximum absolute atomic E-state index is 5.72. The van der Waals surface area contributed by atoms with Crippen LogP contribution < -0.4 is 0 Å². The van der Waals surface area contributed by atoms with E-state index >= 15 is 0 Å². The molecule has 0 spiro atoms. The second-order valence-electron chi connectivity index (χ2n) is 3.62. The van der Waals surface area contributed by atoms with Crippen molar-refractivity contribution in [1.29, 1.82) is 0 Å². The maximum Gasteiger partial charge on any atom is 0.134 e. The molecule has 0 unspecified atom stereocenters. The molecule has 0 fully saturated rings. The van der Waals surface area contributed by atoms with Gasteiger partial charge >= 0.3 is 0 Å². The van der Waals surface area contributed by atoms with Crippen molar-refractivity contribution in [3.63, 3.8) is 0 Å². The summed E-state index contributed by atoms with van der Waals surface area (Å²) >= 11 is 2.38. The Hall–Kier alpha value is -0.510. The second-order valence-corrected chi connectivity index (χ2v) is 6.32. The molecule has 0 saturated carbocycles. The van der Waals surface area contributed by atoms with Crippen molar-refractivity contribution in [2.45, 2.75) is 17.3 Å². The number of hydrogen-bond acceptors (Lipinski definition) is 1. The molecule has 2 rings (SSSR count). The molecule has 0 aliphatic carbocycles. The minimum Gasteiger partial charge on any atom is -0.460 e. The molecule has 0 saturated heterocycles. The first-order valence-corrected chi connectivity index (χ1v) is 5.33. The van der Waals surface area contributed by atoms with Gasteiger partial charge in [-0.1, -0.05) is 40.8 Å². The number of rotatable bonds is 1. The van der Waals surface area contributed by atoms with Crippen LogP contribution in [0.2, 0.25) is 0 Å². The number of hydrogen-bond donors (Lipinski definition) is 0. The molecule has 0 aliphatic heterocycles. The van der Waals surface area contributed by atoms with Crippen molar-refractivity contribution < 1.29 is 4.42 Å². The average molecular weight is 286 g/mol. The number of alkyl halides is 1. The minimum atomic E-state index is 0.0662. The van der Waals surface area contributed by atoms with Gasteiger partial charge in [0.25, 0.3) is 0 Å².